The summed E-state index contributed by atoms with van der Waals surface area (Å²) in [5.74, 6) is -0.175. The fourth-order valence-electron chi connectivity index (χ4n) is 2.49. The zero-order chi connectivity index (χ0) is 18.2. The Morgan fingerprint density at radius 2 is 2.20 bits per heavy atom. The maximum Gasteiger partial charge on any atom is 0.276 e. The van der Waals surface area contributed by atoms with Crippen LogP contribution in [0.4, 0.5) is 10.1 Å². The van der Waals surface area contributed by atoms with Gasteiger partial charge in [-0.3, -0.25) is 9.79 Å². The van der Waals surface area contributed by atoms with E-state index in [4.69, 9.17) is 28.9 Å². The molecule has 0 bridgehead atoms. The first-order valence-corrected chi connectivity index (χ1v) is 9.72. The second-order valence-electron chi connectivity index (χ2n) is 5.59. The topological polar surface area (TPSA) is 80.4 Å². The fraction of sp³-hybridized carbons (Fsp3) is 0.267. The van der Waals surface area contributed by atoms with Gasteiger partial charge in [-0.05, 0) is 43.1 Å². The van der Waals surface area contributed by atoms with Gasteiger partial charge >= 0.3 is 0 Å². The van der Waals surface area contributed by atoms with Gasteiger partial charge in [-0.25, -0.2) is 4.39 Å². The van der Waals surface area contributed by atoms with Crippen molar-refractivity contribution in [2.45, 2.75) is 18.9 Å². The van der Waals surface area contributed by atoms with Gasteiger partial charge in [-0.15, -0.1) is 0 Å². The van der Waals surface area contributed by atoms with Gasteiger partial charge in [0.25, 0.3) is 5.91 Å². The Bertz CT molecular complexity index is 873. The van der Waals surface area contributed by atoms with Crippen molar-refractivity contribution in [1.82, 2.24) is 4.37 Å². The molecule has 3 rings (SSSR count). The van der Waals surface area contributed by atoms with E-state index in [1.54, 1.807) is 6.07 Å². The van der Waals surface area contributed by atoms with Crippen LogP contribution in [0.3, 0.4) is 0 Å². The number of halogens is 3. The van der Waals surface area contributed by atoms with Crippen LogP contribution in [-0.4, -0.2) is 21.2 Å². The largest absolute Gasteiger partial charge is 0.379 e. The van der Waals surface area contributed by atoms with E-state index in [-0.39, 0.29) is 15.1 Å². The van der Waals surface area contributed by atoms with Gasteiger partial charge in [0.15, 0.2) is 10.9 Å². The minimum absolute atomic E-state index is 0.0325. The smallest absolute Gasteiger partial charge is 0.276 e. The maximum atomic E-state index is 14.4. The third-order valence-electron chi connectivity index (χ3n) is 3.81. The number of anilines is 1. The van der Waals surface area contributed by atoms with Crippen LogP contribution in [0.1, 0.15) is 29.4 Å². The molecule has 1 aromatic carbocycles. The summed E-state index contributed by atoms with van der Waals surface area (Å²) in [6, 6.07) is 4.31. The summed E-state index contributed by atoms with van der Waals surface area (Å²) in [7, 11) is 0. The van der Waals surface area contributed by atoms with Gasteiger partial charge in [0, 0.05) is 17.0 Å². The molecular formula is C15H13Cl2FN4OS2. The monoisotopic (exact) mass is 418 g/mol. The van der Waals surface area contributed by atoms with E-state index >= 15 is 0 Å². The zero-order valence-electron chi connectivity index (χ0n) is 13.0. The van der Waals surface area contributed by atoms with Gasteiger partial charge in [-0.1, -0.05) is 35.0 Å². The highest BCUT2D eigenvalue weighted by molar-refractivity contribution is 8.13. The van der Waals surface area contributed by atoms with Crippen LogP contribution in [0, 0.1) is 5.82 Å². The third-order valence-corrected chi connectivity index (χ3v) is 6.22. The molecule has 0 spiro atoms. The highest BCUT2D eigenvalue weighted by atomic mass is 35.5. The summed E-state index contributed by atoms with van der Waals surface area (Å²) >= 11 is 14.1. The van der Waals surface area contributed by atoms with Gasteiger partial charge in [0.2, 0.25) is 0 Å². The van der Waals surface area contributed by atoms with Crippen LogP contribution in [0.2, 0.25) is 9.36 Å². The number of nitrogens with one attached hydrogen (secondary N) is 1. The van der Waals surface area contributed by atoms with E-state index in [1.165, 1.54) is 23.9 Å². The van der Waals surface area contributed by atoms with E-state index in [2.05, 4.69) is 14.7 Å². The third kappa shape index (κ3) is 3.76. The molecule has 2 aromatic rings. The average Bonchev–Trinajstić information content (AvgIpc) is 2.88. The summed E-state index contributed by atoms with van der Waals surface area (Å²) in [5.41, 5.74) is 5.84. The molecular weight excluding hydrogens is 406 g/mol. The van der Waals surface area contributed by atoms with Crippen molar-refractivity contribution in [3.8, 4) is 0 Å². The van der Waals surface area contributed by atoms with Crippen molar-refractivity contribution >= 4 is 63.3 Å². The second kappa shape index (κ2) is 7.11. The number of amidine groups is 1. The number of aliphatic imine (C=N–C) groups is 1. The number of amides is 1. The van der Waals surface area contributed by atoms with Gasteiger partial charge in [-0.2, -0.15) is 4.37 Å². The SMILES string of the molecule is CC1(c2cc(NC(=O)c3nsc(Cl)c3Cl)ccc2F)CCSC(N)=N1. The molecule has 1 atom stereocenters. The van der Waals surface area contributed by atoms with Crippen LogP contribution >= 0.6 is 46.5 Å². The molecule has 5 nitrogen and oxygen atoms in total. The van der Waals surface area contributed by atoms with Crippen LogP contribution in [0.25, 0.3) is 0 Å². The van der Waals surface area contributed by atoms with Gasteiger partial charge in [0.1, 0.15) is 15.2 Å². The van der Waals surface area contributed by atoms with Gasteiger partial charge < -0.3 is 11.1 Å². The molecule has 1 amide bonds. The second-order valence-corrected chi connectivity index (χ2v) is 8.46. The minimum Gasteiger partial charge on any atom is -0.379 e. The highest BCUT2D eigenvalue weighted by Crippen LogP contribution is 2.37. The lowest BCUT2D eigenvalue weighted by atomic mass is 9.89. The van der Waals surface area contributed by atoms with Crippen LogP contribution < -0.4 is 11.1 Å². The number of benzene rings is 1. The average molecular weight is 419 g/mol. The van der Waals surface area contributed by atoms with Crippen LogP contribution in [0.15, 0.2) is 23.2 Å². The van der Waals surface area contributed by atoms with E-state index < -0.39 is 17.3 Å². The van der Waals surface area contributed by atoms with Gasteiger partial charge in [0.05, 0.1) is 5.54 Å². The predicted molar refractivity (Wildman–Crippen MR) is 103 cm³/mol. The van der Waals surface area contributed by atoms with E-state index in [1.807, 2.05) is 6.92 Å². The first-order chi connectivity index (χ1) is 11.8. The number of hydrogen-bond acceptors (Lipinski definition) is 6. The Balaban J connectivity index is 1.91. The normalized spacial score (nSPS) is 20.2. The number of hydrogen-bond donors (Lipinski definition) is 2. The molecule has 1 unspecified atom stereocenters. The molecule has 132 valence electrons. The Kier molecular flexibility index (Phi) is 5.24. The highest BCUT2D eigenvalue weighted by Gasteiger charge is 2.32. The molecule has 0 saturated carbocycles. The lowest BCUT2D eigenvalue weighted by molar-refractivity contribution is 0.102. The number of nitrogens with two attached hydrogens (primary N) is 1. The van der Waals surface area contributed by atoms with Crippen LogP contribution in [-0.2, 0) is 5.54 Å². The number of carbonyl (C=O) groups is 1. The Morgan fingerprint density at radius 3 is 2.84 bits per heavy atom. The molecule has 3 N–H and O–H groups in total. The standard InChI is InChI=1S/C15H13Cl2FN4OS2/c1-15(4-5-24-14(19)21-15)8-6-7(2-3-9(8)18)20-13(23)11-10(16)12(17)25-22-11/h2-3,6H,4-5H2,1H3,(H2,19,21)(H,20,23). The van der Waals surface area contributed by atoms with Crippen molar-refractivity contribution in [2.75, 3.05) is 11.1 Å². The number of thioether (sulfide) groups is 1. The van der Waals surface area contributed by atoms with Crippen molar-refractivity contribution in [3.05, 3.63) is 44.6 Å². The fourth-order valence-corrected chi connectivity index (χ4v) is 4.46. The Labute approximate surface area is 162 Å². The molecule has 0 saturated heterocycles. The molecule has 0 fully saturated rings. The lowest BCUT2D eigenvalue weighted by Crippen LogP contribution is -2.29. The summed E-state index contributed by atoms with van der Waals surface area (Å²) in [6.45, 7) is 1.82. The molecule has 0 radical (unpaired) electrons. The minimum atomic E-state index is -0.776. The predicted octanol–water partition coefficient (Wildman–Crippen LogP) is 4.51. The first-order valence-electron chi connectivity index (χ1n) is 7.20. The van der Waals surface area contributed by atoms with Crippen molar-refractivity contribution < 1.29 is 9.18 Å². The number of nitrogens with zero attached hydrogens (tertiary/aromatic N) is 2. The molecule has 2 heterocycles. The number of aromatic nitrogens is 1. The van der Waals surface area contributed by atoms with E-state index in [0.717, 1.165) is 17.3 Å². The Morgan fingerprint density at radius 1 is 1.44 bits per heavy atom. The molecule has 10 heteroatoms. The van der Waals surface area contributed by atoms with E-state index in [9.17, 15) is 9.18 Å². The first kappa shape index (κ1) is 18.4. The van der Waals surface area contributed by atoms with Crippen LogP contribution in [0.5, 0.6) is 0 Å². The summed E-state index contributed by atoms with van der Waals surface area (Å²) in [5, 5.41) is 3.18. The zero-order valence-corrected chi connectivity index (χ0v) is 16.1. The number of rotatable bonds is 3. The van der Waals surface area contributed by atoms with Crippen molar-refractivity contribution in [2.24, 2.45) is 10.7 Å². The molecule has 1 aliphatic heterocycles. The van der Waals surface area contributed by atoms with Crippen molar-refractivity contribution in [3.63, 3.8) is 0 Å². The maximum absolute atomic E-state index is 14.4. The summed E-state index contributed by atoms with van der Waals surface area (Å²) in [6.07, 6.45) is 0.639. The summed E-state index contributed by atoms with van der Waals surface area (Å²) in [4.78, 5) is 16.7. The molecule has 1 aromatic heterocycles. The van der Waals surface area contributed by atoms with E-state index in [0.29, 0.717) is 22.8 Å². The molecule has 1 aliphatic rings. The number of carbonyl (C=O) groups excluding carboxylic acids is 1. The Hall–Kier alpha value is -1.35. The van der Waals surface area contributed by atoms with Crippen molar-refractivity contribution in [1.29, 1.82) is 0 Å². The summed E-state index contributed by atoms with van der Waals surface area (Å²) < 4.78 is 18.5. The quantitative estimate of drug-likeness (QED) is 0.767. The molecule has 25 heavy (non-hydrogen) atoms. The molecule has 0 aliphatic carbocycles. The lowest BCUT2D eigenvalue weighted by Gasteiger charge is -2.30.